The Bertz CT molecular complexity index is 1840. The molecule has 0 bridgehead atoms. The normalized spacial score (nSPS) is 13.8. The first-order valence-electron chi connectivity index (χ1n) is 13.6. The number of hydrogen-bond acceptors (Lipinski definition) is 12. The summed E-state index contributed by atoms with van der Waals surface area (Å²) in [7, 11) is -3.70. The summed E-state index contributed by atoms with van der Waals surface area (Å²) >= 11 is 5.62. The van der Waals surface area contributed by atoms with Crippen LogP contribution in [-0.4, -0.2) is 60.6 Å². The van der Waals surface area contributed by atoms with Crippen LogP contribution in [0.25, 0.3) is 0 Å². The molecular weight excluding hydrogens is 663 g/mol. The SMILES string of the molecule is C#CCOC(=O)[C@@H](C)Oc1ccc(Oc2ncc(Cl)cc2F)cc1.CS(=O)(=O)c1ccc(C(=O)C2C(=O)CCCC2=O)c([N+](=O)[O-])c1. The largest absolute Gasteiger partial charge is 0.479 e. The van der Waals surface area contributed by atoms with Crippen molar-refractivity contribution in [3.05, 3.63) is 81.2 Å². The van der Waals surface area contributed by atoms with E-state index in [0.717, 1.165) is 30.5 Å². The average Bonchev–Trinajstić information content (AvgIpc) is 3.01. The Morgan fingerprint density at radius 1 is 1.13 bits per heavy atom. The summed E-state index contributed by atoms with van der Waals surface area (Å²) in [5.41, 5.74) is -1.17. The molecule has 1 aliphatic carbocycles. The minimum atomic E-state index is -3.70. The van der Waals surface area contributed by atoms with Gasteiger partial charge in [-0.05, 0) is 55.8 Å². The molecule has 0 radical (unpaired) electrons. The van der Waals surface area contributed by atoms with E-state index in [0.29, 0.717) is 17.9 Å². The maximum absolute atomic E-state index is 13.6. The molecule has 1 heterocycles. The van der Waals surface area contributed by atoms with Gasteiger partial charge >= 0.3 is 5.97 Å². The van der Waals surface area contributed by atoms with Crippen molar-refractivity contribution in [1.29, 1.82) is 0 Å². The summed E-state index contributed by atoms with van der Waals surface area (Å²) in [5.74, 6) is -2.09. The quantitative estimate of drug-likeness (QED) is 0.0713. The van der Waals surface area contributed by atoms with E-state index in [1.807, 2.05) is 0 Å². The van der Waals surface area contributed by atoms with E-state index >= 15 is 0 Å². The molecule has 0 unspecified atom stereocenters. The monoisotopic (exact) mass is 688 g/mol. The van der Waals surface area contributed by atoms with Gasteiger partial charge < -0.3 is 14.2 Å². The molecule has 0 aliphatic heterocycles. The first-order valence-corrected chi connectivity index (χ1v) is 15.8. The van der Waals surface area contributed by atoms with Crippen molar-refractivity contribution >= 4 is 50.4 Å². The number of benzene rings is 2. The highest BCUT2D eigenvalue weighted by Crippen LogP contribution is 2.29. The zero-order valence-electron chi connectivity index (χ0n) is 24.8. The van der Waals surface area contributed by atoms with Crippen molar-refractivity contribution in [2.75, 3.05) is 12.9 Å². The van der Waals surface area contributed by atoms with E-state index in [9.17, 15) is 42.1 Å². The number of carbonyl (C=O) groups is 4. The number of nitro groups is 1. The highest BCUT2D eigenvalue weighted by Gasteiger charge is 2.39. The van der Waals surface area contributed by atoms with Crippen molar-refractivity contribution < 1.29 is 51.1 Å². The number of Topliss-reactive ketones (excluding diaryl/α,β-unsaturated/α-hetero) is 3. The van der Waals surface area contributed by atoms with Gasteiger partial charge in [-0.3, -0.25) is 24.5 Å². The second-order valence-electron chi connectivity index (χ2n) is 9.88. The number of sulfone groups is 1. The molecule has 13 nitrogen and oxygen atoms in total. The molecule has 246 valence electrons. The summed E-state index contributed by atoms with van der Waals surface area (Å²) in [4.78, 5) is 61.3. The van der Waals surface area contributed by atoms with Crippen molar-refractivity contribution in [2.24, 2.45) is 5.92 Å². The topological polar surface area (TPSA) is 186 Å². The van der Waals surface area contributed by atoms with Crippen molar-refractivity contribution in [2.45, 2.75) is 37.2 Å². The van der Waals surface area contributed by atoms with E-state index in [1.54, 1.807) is 24.3 Å². The first-order chi connectivity index (χ1) is 22.1. The first kappa shape index (κ1) is 36.3. The number of nitrogens with zero attached hydrogens (tertiary/aromatic N) is 2. The number of terminal acetylenes is 1. The molecule has 0 saturated heterocycles. The Labute approximate surface area is 273 Å². The van der Waals surface area contributed by atoms with Gasteiger partial charge in [-0.25, -0.2) is 22.6 Å². The molecular formula is C31H26ClFN2O11S. The summed E-state index contributed by atoms with van der Waals surface area (Å²) in [5, 5.41) is 11.3. The second kappa shape index (κ2) is 15.9. The lowest BCUT2D eigenvalue weighted by Gasteiger charge is -2.18. The standard InChI is InChI=1S/C17H13ClFNO4.C14H13NO7S/c1-3-8-22-17(21)11(2)23-13-4-6-14(7-5-13)24-16-15(19)9-12(18)10-20-16;1-23(21,22)8-5-6-9(10(7-8)15(19)20)14(18)13-11(16)3-2-4-12(13)17/h1,4-7,9-11H,8H2,2H3;5-7,13H,2-4H2,1H3/t11-;/m1./s1. The Morgan fingerprint density at radius 3 is 2.30 bits per heavy atom. The summed E-state index contributed by atoms with van der Waals surface area (Å²) in [6.07, 6.45) is 6.84. The van der Waals surface area contributed by atoms with Crippen LogP contribution in [0.3, 0.4) is 0 Å². The van der Waals surface area contributed by atoms with Gasteiger partial charge in [0.05, 0.1) is 20.4 Å². The van der Waals surface area contributed by atoms with Crippen LogP contribution in [0.2, 0.25) is 5.02 Å². The Morgan fingerprint density at radius 2 is 1.74 bits per heavy atom. The number of ketones is 3. The number of hydrogen-bond donors (Lipinski definition) is 0. The van der Waals surface area contributed by atoms with Gasteiger partial charge in [0, 0.05) is 31.4 Å². The van der Waals surface area contributed by atoms with Crippen LogP contribution in [0.15, 0.2) is 59.6 Å². The van der Waals surface area contributed by atoms with Crippen molar-refractivity contribution in [3.63, 3.8) is 0 Å². The molecule has 47 heavy (non-hydrogen) atoms. The highest BCUT2D eigenvalue weighted by molar-refractivity contribution is 7.90. The summed E-state index contributed by atoms with van der Waals surface area (Å²) in [6, 6.07) is 10.1. The number of ether oxygens (including phenoxy) is 3. The smallest absolute Gasteiger partial charge is 0.347 e. The van der Waals surface area contributed by atoms with Crippen LogP contribution in [0, 0.1) is 34.2 Å². The molecule has 1 fully saturated rings. The van der Waals surface area contributed by atoms with E-state index in [1.165, 1.54) is 13.1 Å². The lowest BCUT2D eigenvalue weighted by molar-refractivity contribution is -0.385. The fraction of sp³-hybridized carbons (Fsp3) is 0.258. The van der Waals surface area contributed by atoms with Crippen LogP contribution in [0.5, 0.6) is 17.4 Å². The van der Waals surface area contributed by atoms with Gasteiger partial charge in [-0.15, -0.1) is 6.42 Å². The minimum Gasteiger partial charge on any atom is -0.479 e. The number of pyridine rings is 1. The molecule has 1 aromatic heterocycles. The number of halogens is 2. The Kier molecular flexibility index (Phi) is 12.3. The summed E-state index contributed by atoms with van der Waals surface area (Å²) in [6.45, 7) is 1.43. The molecule has 16 heteroatoms. The maximum Gasteiger partial charge on any atom is 0.347 e. The zero-order valence-corrected chi connectivity index (χ0v) is 26.4. The molecule has 1 aliphatic rings. The lowest BCUT2D eigenvalue weighted by Crippen LogP contribution is -2.35. The highest BCUT2D eigenvalue weighted by atomic mass is 35.5. The van der Waals surface area contributed by atoms with Crippen LogP contribution >= 0.6 is 11.6 Å². The maximum atomic E-state index is 13.6. The van der Waals surface area contributed by atoms with Gasteiger partial charge in [0.15, 0.2) is 45.7 Å². The van der Waals surface area contributed by atoms with E-state index in [-0.39, 0.29) is 35.2 Å². The fourth-order valence-electron chi connectivity index (χ4n) is 4.11. The second-order valence-corrected chi connectivity index (χ2v) is 12.3. The van der Waals surface area contributed by atoms with Gasteiger partial charge in [0.1, 0.15) is 17.4 Å². The van der Waals surface area contributed by atoms with E-state index in [2.05, 4.69) is 10.9 Å². The number of esters is 1. The molecule has 2 aromatic carbocycles. The molecule has 1 saturated carbocycles. The van der Waals surface area contributed by atoms with Gasteiger partial charge in [-0.1, -0.05) is 17.5 Å². The molecule has 1 atom stereocenters. The van der Waals surface area contributed by atoms with Crippen LogP contribution in [0.4, 0.5) is 10.1 Å². The van der Waals surface area contributed by atoms with Gasteiger partial charge in [-0.2, -0.15) is 0 Å². The molecule has 0 N–H and O–H groups in total. The van der Waals surface area contributed by atoms with Crippen LogP contribution in [0.1, 0.15) is 36.5 Å². The molecule has 3 aromatic rings. The third kappa shape index (κ3) is 9.89. The van der Waals surface area contributed by atoms with Crippen molar-refractivity contribution in [3.8, 4) is 29.7 Å². The van der Waals surface area contributed by atoms with E-state index in [4.69, 9.17) is 32.2 Å². The van der Waals surface area contributed by atoms with Gasteiger partial charge in [0.2, 0.25) is 0 Å². The average molecular weight is 689 g/mol. The minimum absolute atomic E-state index is 0.0668. The van der Waals surface area contributed by atoms with Crippen molar-refractivity contribution in [1.82, 2.24) is 4.98 Å². The predicted molar refractivity (Wildman–Crippen MR) is 163 cm³/mol. The van der Waals surface area contributed by atoms with Crippen LogP contribution in [-0.2, 0) is 29.0 Å². The zero-order chi connectivity index (χ0) is 34.9. The summed E-state index contributed by atoms with van der Waals surface area (Å²) < 4.78 is 52.1. The number of rotatable bonds is 10. The predicted octanol–water partition coefficient (Wildman–Crippen LogP) is 4.73. The Balaban J connectivity index is 0.000000256. The third-order valence-corrected chi connectivity index (χ3v) is 7.68. The number of aromatic nitrogens is 1. The van der Waals surface area contributed by atoms with Crippen LogP contribution < -0.4 is 9.47 Å². The molecule has 0 spiro atoms. The number of carbonyl (C=O) groups excluding carboxylic acids is 4. The van der Waals surface area contributed by atoms with Gasteiger partial charge in [0.25, 0.3) is 11.6 Å². The number of nitro benzene ring substituents is 1. The molecule has 0 amide bonds. The molecule has 4 rings (SSSR count). The van der Waals surface area contributed by atoms with E-state index < -0.39 is 67.2 Å². The Hall–Kier alpha value is -5.20. The third-order valence-electron chi connectivity index (χ3n) is 6.37. The fourth-order valence-corrected chi connectivity index (χ4v) is 4.90. The lowest BCUT2D eigenvalue weighted by atomic mass is 9.81.